The first kappa shape index (κ1) is 7.56. The summed E-state index contributed by atoms with van der Waals surface area (Å²) < 4.78 is 0. The van der Waals surface area contributed by atoms with E-state index in [0.29, 0.717) is 6.04 Å². The van der Waals surface area contributed by atoms with Gasteiger partial charge in [-0.3, -0.25) is 0 Å². The quantitative estimate of drug-likeness (QED) is 0.591. The van der Waals surface area contributed by atoms with Crippen LogP contribution in [0.3, 0.4) is 0 Å². The SMILES string of the molecule is NC1(C2CCCCCN2)CC1. The topological polar surface area (TPSA) is 38.0 Å². The summed E-state index contributed by atoms with van der Waals surface area (Å²) in [6.45, 7) is 1.18. The summed E-state index contributed by atoms with van der Waals surface area (Å²) in [7, 11) is 0. The molecule has 0 aromatic carbocycles. The maximum Gasteiger partial charge on any atom is 0.0311 e. The second-order valence-corrected chi connectivity index (χ2v) is 4.09. The third-order valence-electron chi connectivity index (χ3n) is 3.08. The first-order valence-electron chi connectivity index (χ1n) is 4.83. The Morgan fingerprint density at radius 2 is 2.00 bits per heavy atom. The van der Waals surface area contributed by atoms with E-state index in [1.807, 2.05) is 0 Å². The molecule has 2 nitrogen and oxygen atoms in total. The van der Waals surface area contributed by atoms with E-state index >= 15 is 0 Å². The monoisotopic (exact) mass is 154 g/mol. The molecular formula is C9H18N2. The van der Waals surface area contributed by atoms with Crippen molar-refractivity contribution in [1.82, 2.24) is 5.32 Å². The second-order valence-electron chi connectivity index (χ2n) is 4.09. The van der Waals surface area contributed by atoms with Crippen molar-refractivity contribution in [1.29, 1.82) is 0 Å². The van der Waals surface area contributed by atoms with Crippen molar-refractivity contribution < 1.29 is 0 Å². The molecule has 1 aliphatic carbocycles. The first-order chi connectivity index (χ1) is 5.31. The Balaban J connectivity index is 1.90. The summed E-state index contributed by atoms with van der Waals surface area (Å²) >= 11 is 0. The highest BCUT2D eigenvalue weighted by atomic mass is 15.0. The van der Waals surface area contributed by atoms with Crippen molar-refractivity contribution in [2.75, 3.05) is 6.54 Å². The number of nitrogens with one attached hydrogen (secondary N) is 1. The van der Waals surface area contributed by atoms with Gasteiger partial charge in [-0.25, -0.2) is 0 Å². The Kier molecular flexibility index (Phi) is 1.90. The van der Waals surface area contributed by atoms with E-state index < -0.39 is 0 Å². The molecule has 1 saturated heterocycles. The van der Waals surface area contributed by atoms with Crippen molar-refractivity contribution in [2.24, 2.45) is 5.73 Å². The molecule has 0 aromatic heterocycles. The van der Waals surface area contributed by atoms with Crippen molar-refractivity contribution in [3.63, 3.8) is 0 Å². The summed E-state index contributed by atoms with van der Waals surface area (Å²) in [4.78, 5) is 0. The fourth-order valence-electron chi connectivity index (χ4n) is 2.01. The van der Waals surface area contributed by atoms with Gasteiger partial charge in [0.05, 0.1) is 0 Å². The maximum atomic E-state index is 6.13. The van der Waals surface area contributed by atoms with E-state index in [2.05, 4.69) is 5.32 Å². The van der Waals surface area contributed by atoms with E-state index in [-0.39, 0.29) is 5.54 Å². The van der Waals surface area contributed by atoms with Gasteiger partial charge in [0.2, 0.25) is 0 Å². The van der Waals surface area contributed by atoms with Crippen LogP contribution in [0.4, 0.5) is 0 Å². The first-order valence-corrected chi connectivity index (χ1v) is 4.83. The van der Waals surface area contributed by atoms with Gasteiger partial charge in [0.25, 0.3) is 0 Å². The minimum atomic E-state index is 0.199. The third-order valence-corrected chi connectivity index (χ3v) is 3.08. The smallest absolute Gasteiger partial charge is 0.0311 e. The predicted molar refractivity (Wildman–Crippen MR) is 46.4 cm³/mol. The molecule has 2 aliphatic rings. The van der Waals surface area contributed by atoms with Gasteiger partial charge < -0.3 is 11.1 Å². The van der Waals surface area contributed by atoms with Crippen LogP contribution in [0.15, 0.2) is 0 Å². The minimum Gasteiger partial charge on any atom is -0.324 e. The number of rotatable bonds is 1. The van der Waals surface area contributed by atoms with E-state index in [9.17, 15) is 0 Å². The van der Waals surface area contributed by atoms with Crippen LogP contribution in [0.1, 0.15) is 38.5 Å². The van der Waals surface area contributed by atoms with E-state index in [4.69, 9.17) is 5.73 Å². The van der Waals surface area contributed by atoms with Crippen LogP contribution in [0.2, 0.25) is 0 Å². The summed E-state index contributed by atoms with van der Waals surface area (Å²) in [5, 5.41) is 3.56. The molecule has 1 aliphatic heterocycles. The van der Waals surface area contributed by atoms with Crippen LogP contribution < -0.4 is 11.1 Å². The zero-order valence-electron chi connectivity index (χ0n) is 7.10. The van der Waals surface area contributed by atoms with Crippen LogP contribution in [-0.4, -0.2) is 18.1 Å². The Labute approximate surface area is 68.5 Å². The highest BCUT2D eigenvalue weighted by molar-refractivity contribution is 5.07. The molecule has 1 atom stereocenters. The van der Waals surface area contributed by atoms with Gasteiger partial charge in [0.15, 0.2) is 0 Å². The lowest BCUT2D eigenvalue weighted by Gasteiger charge is -2.22. The highest BCUT2D eigenvalue weighted by Gasteiger charge is 2.45. The molecule has 0 spiro atoms. The van der Waals surface area contributed by atoms with Crippen molar-refractivity contribution >= 4 is 0 Å². The van der Waals surface area contributed by atoms with Crippen molar-refractivity contribution in [2.45, 2.75) is 50.1 Å². The van der Waals surface area contributed by atoms with Gasteiger partial charge in [0.1, 0.15) is 0 Å². The molecular weight excluding hydrogens is 136 g/mol. The van der Waals surface area contributed by atoms with Gasteiger partial charge >= 0.3 is 0 Å². The molecule has 1 saturated carbocycles. The minimum absolute atomic E-state index is 0.199. The maximum absolute atomic E-state index is 6.13. The number of nitrogens with two attached hydrogens (primary N) is 1. The molecule has 1 heterocycles. The summed E-state index contributed by atoms with van der Waals surface area (Å²) in [5.74, 6) is 0. The Bertz CT molecular complexity index is 132. The number of hydrogen-bond acceptors (Lipinski definition) is 2. The molecule has 2 fully saturated rings. The summed E-state index contributed by atoms with van der Waals surface area (Å²) in [6.07, 6.45) is 7.88. The van der Waals surface area contributed by atoms with E-state index in [1.165, 1.54) is 45.1 Å². The van der Waals surface area contributed by atoms with Crippen molar-refractivity contribution in [3.8, 4) is 0 Å². The molecule has 0 radical (unpaired) electrons. The molecule has 1 unspecified atom stereocenters. The normalized spacial score (nSPS) is 36.3. The van der Waals surface area contributed by atoms with Crippen LogP contribution in [0, 0.1) is 0 Å². The summed E-state index contributed by atoms with van der Waals surface area (Å²) in [5.41, 5.74) is 6.33. The zero-order valence-corrected chi connectivity index (χ0v) is 7.10. The van der Waals surface area contributed by atoms with Gasteiger partial charge in [-0.05, 0) is 32.2 Å². The highest BCUT2D eigenvalue weighted by Crippen LogP contribution is 2.38. The van der Waals surface area contributed by atoms with Gasteiger partial charge in [-0.1, -0.05) is 12.8 Å². The van der Waals surface area contributed by atoms with Gasteiger partial charge in [-0.15, -0.1) is 0 Å². The Morgan fingerprint density at radius 1 is 1.18 bits per heavy atom. The lowest BCUT2D eigenvalue weighted by Crippen LogP contribution is -2.46. The van der Waals surface area contributed by atoms with Crippen LogP contribution in [0.5, 0.6) is 0 Å². The standard InChI is InChI=1S/C9H18N2/c10-9(5-6-9)8-4-2-1-3-7-11-8/h8,11H,1-7,10H2. The van der Waals surface area contributed by atoms with Crippen LogP contribution >= 0.6 is 0 Å². The lowest BCUT2D eigenvalue weighted by atomic mass is 10.0. The number of hydrogen-bond donors (Lipinski definition) is 2. The van der Waals surface area contributed by atoms with Gasteiger partial charge in [-0.2, -0.15) is 0 Å². The largest absolute Gasteiger partial charge is 0.324 e. The Morgan fingerprint density at radius 3 is 2.73 bits per heavy atom. The van der Waals surface area contributed by atoms with Crippen LogP contribution in [0.25, 0.3) is 0 Å². The molecule has 0 bridgehead atoms. The Hall–Kier alpha value is -0.0800. The lowest BCUT2D eigenvalue weighted by molar-refractivity contribution is 0.410. The molecule has 0 aromatic rings. The third kappa shape index (κ3) is 1.57. The second kappa shape index (κ2) is 2.76. The fourth-order valence-corrected chi connectivity index (χ4v) is 2.01. The average molecular weight is 154 g/mol. The molecule has 2 heteroatoms. The van der Waals surface area contributed by atoms with Gasteiger partial charge in [0, 0.05) is 11.6 Å². The molecule has 64 valence electrons. The van der Waals surface area contributed by atoms with Crippen molar-refractivity contribution in [3.05, 3.63) is 0 Å². The van der Waals surface area contributed by atoms with Crippen LogP contribution in [-0.2, 0) is 0 Å². The predicted octanol–water partition coefficient (Wildman–Crippen LogP) is 1.01. The summed E-state index contributed by atoms with van der Waals surface area (Å²) in [6, 6.07) is 0.630. The van der Waals surface area contributed by atoms with E-state index in [1.54, 1.807) is 0 Å². The average Bonchev–Trinajstić information content (AvgIpc) is 2.73. The molecule has 11 heavy (non-hydrogen) atoms. The molecule has 2 rings (SSSR count). The zero-order chi connectivity index (χ0) is 7.73. The molecule has 3 N–H and O–H groups in total. The fraction of sp³-hybridized carbons (Fsp3) is 1.00. The van der Waals surface area contributed by atoms with E-state index in [0.717, 1.165) is 0 Å². The molecule has 0 amide bonds.